The molecule has 3 aromatic carbocycles. The third kappa shape index (κ3) is 8.37. The lowest BCUT2D eigenvalue weighted by atomic mass is 10.0. The second-order valence-corrected chi connectivity index (χ2v) is 16.2. The minimum absolute atomic E-state index is 0.0524. The first kappa shape index (κ1) is 32.2. The number of rotatable bonds is 16. The molecule has 0 aliphatic carbocycles. The highest BCUT2D eigenvalue weighted by Gasteiger charge is 2.51. The molecule has 0 aliphatic rings. The first-order valence-corrected chi connectivity index (χ1v) is 16.7. The molecular formula is C36H49NO3Si. The van der Waals surface area contributed by atoms with Gasteiger partial charge in [0.25, 0.3) is 8.32 Å². The van der Waals surface area contributed by atoms with Crippen LogP contribution in [0.2, 0.25) is 5.04 Å². The molecular weight excluding hydrogens is 522 g/mol. The molecule has 0 heterocycles. The molecule has 0 aromatic heterocycles. The number of hydrogen-bond donors (Lipinski definition) is 1. The van der Waals surface area contributed by atoms with Gasteiger partial charge in [0.2, 0.25) is 0 Å². The van der Waals surface area contributed by atoms with Crippen molar-refractivity contribution in [2.24, 2.45) is 0 Å². The van der Waals surface area contributed by atoms with Gasteiger partial charge < -0.3 is 19.6 Å². The van der Waals surface area contributed by atoms with E-state index in [4.69, 9.17) is 19.6 Å². The van der Waals surface area contributed by atoms with Crippen molar-refractivity contribution in [3.05, 3.63) is 104 Å². The van der Waals surface area contributed by atoms with Crippen LogP contribution >= 0.6 is 0 Å². The fourth-order valence-corrected chi connectivity index (χ4v) is 10.3. The van der Waals surface area contributed by atoms with E-state index in [0.29, 0.717) is 11.4 Å². The zero-order chi connectivity index (χ0) is 29.9. The Morgan fingerprint density at radius 2 is 1.49 bits per heavy atom. The van der Waals surface area contributed by atoms with Crippen molar-refractivity contribution in [2.45, 2.75) is 83.5 Å². The van der Waals surface area contributed by atoms with Crippen molar-refractivity contribution in [3.8, 4) is 11.5 Å². The predicted molar refractivity (Wildman–Crippen MR) is 177 cm³/mol. The Labute approximate surface area is 249 Å². The highest BCUT2D eigenvalue weighted by atomic mass is 28.4. The lowest BCUT2D eigenvalue weighted by molar-refractivity contribution is 0.175. The summed E-state index contributed by atoms with van der Waals surface area (Å²) in [6.45, 7) is 17.3. The lowest BCUT2D eigenvalue weighted by Crippen LogP contribution is -2.67. The zero-order valence-electron chi connectivity index (χ0n) is 25.7. The van der Waals surface area contributed by atoms with E-state index in [0.717, 1.165) is 49.8 Å². The molecule has 2 unspecified atom stereocenters. The topological polar surface area (TPSA) is 53.7 Å². The first-order chi connectivity index (χ1) is 19.6. The Hall–Kier alpha value is -3.28. The number of methoxy groups -OCH3 is 1. The Morgan fingerprint density at radius 1 is 0.902 bits per heavy atom. The molecule has 3 aromatic rings. The van der Waals surface area contributed by atoms with Crippen LogP contribution in [-0.2, 0) is 4.43 Å². The molecule has 0 amide bonds. The number of unbranched alkanes of at least 4 members (excludes halogenated alkanes) is 2. The van der Waals surface area contributed by atoms with E-state index in [1.807, 2.05) is 31.2 Å². The number of anilines is 1. The summed E-state index contributed by atoms with van der Waals surface area (Å²) in [6.07, 6.45) is 7.89. The number of hydrogen-bond acceptors (Lipinski definition) is 4. The Kier molecular flexibility index (Phi) is 11.9. The summed E-state index contributed by atoms with van der Waals surface area (Å²) < 4.78 is 19.0. The average molecular weight is 572 g/mol. The molecule has 0 fully saturated rings. The van der Waals surface area contributed by atoms with Gasteiger partial charge in [-0.3, -0.25) is 0 Å². The van der Waals surface area contributed by atoms with Crippen LogP contribution in [-0.4, -0.2) is 27.6 Å². The molecule has 2 atom stereocenters. The molecule has 0 saturated carbocycles. The summed E-state index contributed by atoms with van der Waals surface area (Å²) in [4.78, 5) is 0. The van der Waals surface area contributed by atoms with Gasteiger partial charge in [0.1, 0.15) is 17.6 Å². The van der Waals surface area contributed by atoms with E-state index in [2.05, 4.69) is 94.6 Å². The third-order valence-corrected chi connectivity index (χ3v) is 12.8. The maximum Gasteiger partial charge on any atom is 0.261 e. The largest absolute Gasteiger partial charge is 0.497 e. The van der Waals surface area contributed by atoms with Gasteiger partial charge in [0.15, 0.2) is 0 Å². The van der Waals surface area contributed by atoms with E-state index in [1.165, 1.54) is 10.4 Å². The number of ether oxygens (including phenoxy) is 2. The van der Waals surface area contributed by atoms with Crippen LogP contribution < -0.4 is 25.6 Å². The lowest BCUT2D eigenvalue weighted by Gasteiger charge is -2.45. The summed E-state index contributed by atoms with van der Waals surface area (Å²) in [5, 5.41) is 2.57. The number of nitrogens with two attached hydrogens (primary N) is 1. The minimum Gasteiger partial charge on any atom is -0.497 e. The van der Waals surface area contributed by atoms with Crippen LogP contribution in [0.4, 0.5) is 5.69 Å². The van der Waals surface area contributed by atoms with Crippen LogP contribution in [0.25, 0.3) is 0 Å². The van der Waals surface area contributed by atoms with Gasteiger partial charge in [0, 0.05) is 12.2 Å². The normalized spacial score (nSPS) is 13.3. The van der Waals surface area contributed by atoms with Crippen molar-refractivity contribution in [2.75, 3.05) is 12.8 Å². The molecule has 0 radical (unpaired) electrons. The number of benzene rings is 3. The van der Waals surface area contributed by atoms with Gasteiger partial charge >= 0.3 is 0 Å². The van der Waals surface area contributed by atoms with Gasteiger partial charge in [-0.1, -0.05) is 107 Å². The fraction of sp³-hybridized carbons (Fsp3) is 0.389. The molecule has 4 nitrogen and oxygen atoms in total. The first-order valence-electron chi connectivity index (χ1n) is 14.8. The molecule has 0 spiro atoms. The molecule has 0 bridgehead atoms. The van der Waals surface area contributed by atoms with Crippen LogP contribution in [0.5, 0.6) is 11.5 Å². The molecule has 41 heavy (non-hydrogen) atoms. The Morgan fingerprint density at radius 3 is 2.00 bits per heavy atom. The van der Waals surface area contributed by atoms with Crippen LogP contribution in [0.3, 0.4) is 0 Å². The predicted octanol–water partition coefficient (Wildman–Crippen LogP) is 8.07. The summed E-state index contributed by atoms with van der Waals surface area (Å²) in [6, 6.07) is 27.2. The SMILES string of the molecule is C=CCC(CCCCCC(Oc1cc(OC)ccc1N)C(=C)C)O[Si](c1ccccc1)(c1ccccc1)C(C)(C)C. The average Bonchev–Trinajstić information content (AvgIpc) is 2.96. The highest BCUT2D eigenvalue weighted by molar-refractivity contribution is 6.99. The molecule has 5 heteroatoms. The maximum absolute atomic E-state index is 7.40. The Bertz CT molecular complexity index is 1200. The van der Waals surface area contributed by atoms with Crippen LogP contribution in [0.1, 0.15) is 66.2 Å². The molecule has 0 aliphatic heterocycles. The van der Waals surface area contributed by atoms with Crippen LogP contribution in [0, 0.1) is 0 Å². The zero-order valence-corrected chi connectivity index (χ0v) is 26.7. The monoisotopic (exact) mass is 571 g/mol. The second kappa shape index (κ2) is 15.1. The van der Waals surface area contributed by atoms with Gasteiger partial charge in [-0.25, -0.2) is 0 Å². The smallest absolute Gasteiger partial charge is 0.261 e. The van der Waals surface area contributed by atoms with Gasteiger partial charge in [-0.15, -0.1) is 6.58 Å². The second-order valence-electron chi connectivity index (χ2n) is 11.9. The van der Waals surface area contributed by atoms with Crippen molar-refractivity contribution in [1.82, 2.24) is 0 Å². The third-order valence-electron chi connectivity index (χ3n) is 7.72. The van der Waals surface area contributed by atoms with E-state index < -0.39 is 8.32 Å². The van der Waals surface area contributed by atoms with Gasteiger partial charge in [-0.05, 0) is 65.7 Å². The minimum atomic E-state index is -2.61. The van der Waals surface area contributed by atoms with Crippen molar-refractivity contribution in [3.63, 3.8) is 0 Å². The Balaban J connectivity index is 1.70. The highest BCUT2D eigenvalue weighted by Crippen LogP contribution is 2.38. The summed E-state index contributed by atoms with van der Waals surface area (Å²) >= 11 is 0. The molecule has 220 valence electrons. The van der Waals surface area contributed by atoms with Crippen molar-refractivity contribution >= 4 is 24.4 Å². The van der Waals surface area contributed by atoms with E-state index >= 15 is 0 Å². The quantitative estimate of drug-likeness (QED) is 0.0817. The number of nitrogen functional groups attached to an aromatic ring is 1. The fourth-order valence-electron chi connectivity index (χ4n) is 5.53. The molecule has 2 N–H and O–H groups in total. The van der Waals surface area contributed by atoms with Crippen LogP contribution in [0.15, 0.2) is 104 Å². The standard InChI is InChI=1S/C36H49NO3Si/c1-8-18-29(19-12-9-17-24-34(28(2)3)39-35-27-30(38-7)25-26-33(35)37)40-41(36(4,5)6,31-20-13-10-14-21-31)32-22-15-11-16-23-32/h8,10-11,13-16,20-23,25-27,29,34H,1-2,9,12,17-19,24,37H2,3-7H3. The van der Waals surface area contributed by atoms with Gasteiger partial charge in [0.05, 0.1) is 12.8 Å². The van der Waals surface area contributed by atoms with Gasteiger partial charge in [-0.2, -0.15) is 0 Å². The molecule has 3 rings (SSSR count). The maximum atomic E-state index is 7.40. The summed E-state index contributed by atoms with van der Waals surface area (Å²) in [7, 11) is -0.967. The summed E-state index contributed by atoms with van der Waals surface area (Å²) in [5.74, 6) is 1.37. The van der Waals surface area contributed by atoms with E-state index in [9.17, 15) is 0 Å². The van der Waals surface area contributed by atoms with E-state index in [1.54, 1.807) is 7.11 Å². The van der Waals surface area contributed by atoms with Crippen molar-refractivity contribution < 1.29 is 13.9 Å². The summed E-state index contributed by atoms with van der Waals surface area (Å²) in [5.41, 5.74) is 7.76. The van der Waals surface area contributed by atoms with Crippen molar-refractivity contribution in [1.29, 1.82) is 0 Å². The molecule has 0 saturated heterocycles. The van der Waals surface area contributed by atoms with E-state index in [-0.39, 0.29) is 17.2 Å².